The van der Waals surface area contributed by atoms with Gasteiger partial charge >= 0.3 is 6.18 Å². The van der Waals surface area contributed by atoms with Crippen molar-refractivity contribution in [1.29, 1.82) is 0 Å². The molecule has 0 saturated heterocycles. The summed E-state index contributed by atoms with van der Waals surface area (Å²) >= 11 is 5.59. The quantitative estimate of drug-likeness (QED) is 0.708. The number of aryl methyl sites for hydroxylation is 2. The molecule has 0 aliphatic rings. The Morgan fingerprint density at radius 1 is 1.27 bits per heavy atom. The van der Waals surface area contributed by atoms with Crippen LogP contribution >= 0.6 is 11.6 Å². The largest absolute Gasteiger partial charge is 0.417 e. The molecule has 0 saturated carbocycles. The number of hydrogen-bond donors (Lipinski definition) is 1. The summed E-state index contributed by atoms with van der Waals surface area (Å²) in [6.07, 6.45) is -2.80. The van der Waals surface area contributed by atoms with E-state index in [4.69, 9.17) is 11.6 Å². The summed E-state index contributed by atoms with van der Waals surface area (Å²) in [7, 11) is 0. The highest BCUT2D eigenvalue weighted by Crippen LogP contribution is 2.36. The Labute approximate surface area is 152 Å². The van der Waals surface area contributed by atoms with Crippen molar-refractivity contribution in [2.45, 2.75) is 26.4 Å². The molecule has 2 heterocycles. The molecule has 4 nitrogen and oxygen atoms in total. The normalized spacial score (nSPS) is 11.8. The van der Waals surface area contributed by atoms with Crippen LogP contribution in [0.4, 0.5) is 18.9 Å². The van der Waals surface area contributed by atoms with E-state index in [1.165, 1.54) is 6.07 Å². The maximum atomic E-state index is 12.9. The molecule has 3 aromatic rings. The van der Waals surface area contributed by atoms with Gasteiger partial charge in [0, 0.05) is 11.9 Å². The van der Waals surface area contributed by atoms with Gasteiger partial charge in [-0.25, -0.2) is 4.98 Å². The van der Waals surface area contributed by atoms with Crippen LogP contribution in [0, 0.1) is 13.8 Å². The monoisotopic (exact) mass is 381 g/mol. The van der Waals surface area contributed by atoms with Gasteiger partial charge in [0.25, 0.3) is 0 Å². The summed E-state index contributed by atoms with van der Waals surface area (Å²) in [5.41, 5.74) is 2.15. The van der Waals surface area contributed by atoms with Crippen molar-refractivity contribution >= 4 is 28.8 Å². The number of imidazole rings is 1. The summed E-state index contributed by atoms with van der Waals surface area (Å²) in [6.45, 7) is 3.71. The van der Waals surface area contributed by atoms with Gasteiger partial charge in [0.15, 0.2) is 0 Å². The van der Waals surface area contributed by atoms with Crippen molar-refractivity contribution in [1.82, 2.24) is 9.38 Å². The Hall–Kier alpha value is -2.54. The van der Waals surface area contributed by atoms with E-state index in [2.05, 4.69) is 10.3 Å². The number of carbonyl (C=O) groups excluding carboxylic acids is 1. The fourth-order valence-corrected chi connectivity index (χ4v) is 2.98. The van der Waals surface area contributed by atoms with Crippen LogP contribution in [-0.4, -0.2) is 15.3 Å². The van der Waals surface area contributed by atoms with E-state index in [9.17, 15) is 18.0 Å². The van der Waals surface area contributed by atoms with E-state index in [1.807, 2.05) is 23.5 Å². The van der Waals surface area contributed by atoms with E-state index >= 15 is 0 Å². The predicted molar refractivity (Wildman–Crippen MR) is 93.5 cm³/mol. The van der Waals surface area contributed by atoms with Gasteiger partial charge in [0.1, 0.15) is 5.65 Å². The Kier molecular flexibility index (Phi) is 4.66. The van der Waals surface area contributed by atoms with Gasteiger partial charge in [-0.2, -0.15) is 13.2 Å². The molecule has 136 valence electrons. The molecule has 1 N–H and O–H groups in total. The third-order valence-corrected chi connectivity index (χ3v) is 4.36. The number of hydrogen-bond acceptors (Lipinski definition) is 2. The number of nitrogens with one attached hydrogen (secondary N) is 1. The van der Waals surface area contributed by atoms with Gasteiger partial charge in [-0.05, 0) is 43.7 Å². The highest BCUT2D eigenvalue weighted by Gasteiger charge is 2.33. The Balaban J connectivity index is 1.85. The summed E-state index contributed by atoms with van der Waals surface area (Å²) < 4.78 is 40.6. The number of amides is 1. The van der Waals surface area contributed by atoms with Crippen LogP contribution in [0.1, 0.15) is 22.5 Å². The molecule has 0 unspecified atom stereocenters. The number of pyridine rings is 1. The molecule has 0 fully saturated rings. The number of carbonyl (C=O) groups is 1. The summed E-state index contributed by atoms with van der Waals surface area (Å²) in [5.74, 6) is -0.438. The minimum absolute atomic E-state index is 0.0135. The van der Waals surface area contributed by atoms with Gasteiger partial charge in [-0.15, -0.1) is 0 Å². The smallest absolute Gasteiger partial charge is 0.326 e. The Morgan fingerprint density at radius 2 is 2.00 bits per heavy atom. The van der Waals surface area contributed by atoms with Crippen LogP contribution in [0.15, 0.2) is 36.5 Å². The van der Waals surface area contributed by atoms with E-state index < -0.39 is 22.7 Å². The predicted octanol–water partition coefficient (Wildman–Crippen LogP) is 4.80. The zero-order chi connectivity index (χ0) is 19.1. The summed E-state index contributed by atoms with van der Waals surface area (Å²) in [6, 6.07) is 7.03. The fraction of sp³-hybridized carbons (Fsp3) is 0.222. The molecule has 0 spiro atoms. The molecular formula is C18H15ClF3N3O. The number of aromatic nitrogens is 2. The second-order valence-electron chi connectivity index (χ2n) is 5.95. The van der Waals surface area contributed by atoms with Crippen LogP contribution < -0.4 is 5.32 Å². The lowest BCUT2D eigenvalue weighted by Gasteiger charge is -2.12. The molecule has 0 aliphatic heterocycles. The number of benzene rings is 1. The zero-order valence-electron chi connectivity index (χ0n) is 14.0. The first kappa shape index (κ1) is 18.3. The molecule has 3 rings (SSSR count). The first-order valence-corrected chi connectivity index (χ1v) is 8.14. The average molecular weight is 382 g/mol. The number of rotatable bonds is 3. The summed E-state index contributed by atoms with van der Waals surface area (Å²) in [4.78, 5) is 16.8. The maximum absolute atomic E-state index is 12.9. The van der Waals surface area contributed by atoms with E-state index in [1.54, 1.807) is 13.1 Å². The molecule has 1 amide bonds. The first-order valence-electron chi connectivity index (χ1n) is 7.76. The number of nitrogens with zero attached hydrogens (tertiary/aromatic N) is 2. The average Bonchev–Trinajstić information content (AvgIpc) is 2.86. The third kappa shape index (κ3) is 3.53. The lowest BCUT2D eigenvalue weighted by Crippen LogP contribution is -2.17. The van der Waals surface area contributed by atoms with Crippen LogP contribution in [0.25, 0.3) is 5.65 Å². The number of anilines is 1. The number of alkyl halides is 3. The zero-order valence-corrected chi connectivity index (χ0v) is 14.7. The second kappa shape index (κ2) is 6.64. The number of fused-ring (bicyclic) bond motifs is 1. The van der Waals surface area contributed by atoms with Gasteiger partial charge in [-0.1, -0.05) is 17.7 Å². The molecule has 26 heavy (non-hydrogen) atoms. The van der Waals surface area contributed by atoms with Crippen LogP contribution in [0.3, 0.4) is 0 Å². The summed E-state index contributed by atoms with van der Waals surface area (Å²) in [5, 5.41) is 2.07. The van der Waals surface area contributed by atoms with Crippen molar-refractivity contribution in [2.75, 3.05) is 5.32 Å². The maximum Gasteiger partial charge on any atom is 0.417 e. The van der Waals surface area contributed by atoms with Crippen molar-refractivity contribution in [3.63, 3.8) is 0 Å². The minimum Gasteiger partial charge on any atom is -0.326 e. The van der Waals surface area contributed by atoms with E-state index in [-0.39, 0.29) is 12.1 Å². The molecule has 2 aromatic heterocycles. The van der Waals surface area contributed by atoms with E-state index in [0.29, 0.717) is 11.4 Å². The van der Waals surface area contributed by atoms with Crippen molar-refractivity contribution < 1.29 is 18.0 Å². The second-order valence-corrected chi connectivity index (χ2v) is 6.35. The Bertz CT molecular complexity index is 995. The molecule has 8 heteroatoms. The molecule has 0 aliphatic carbocycles. The highest BCUT2D eigenvalue weighted by molar-refractivity contribution is 6.31. The SMILES string of the molecule is Cc1nc2c(C)cccn2c1CC(=O)Nc1ccc(Cl)c(C(F)(F)F)c1. The van der Waals surface area contributed by atoms with Gasteiger partial charge in [0.2, 0.25) is 5.91 Å². The van der Waals surface area contributed by atoms with Crippen LogP contribution in [0.5, 0.6) is 0 Å². The van der Waals surface area contributed by atoms with Crippen LogP contribution in [0.2, 0.25) is 5.02 Å². The fourth-order valence-electron chi connectivity index (χ4n) is 2.76. The Morgan fingerprint density at radius 3 is 2.69 bits per heavy atom. The van der Waals surface area contributed by atoms with E-state index in [0.717, 1.165) is 23.3 Å². The molecule has 0 radical (unpaired) electrons. The number of halogens is 4. The standard InChI is InChI=1S/C18H15ClF3N3O/c1-10-4-3-7-25-15(11(2)23-17(10)25)9-16(26)24-12-5-6-14(19)13(8-12)18(20,21)22/h3-8H,9H2,1-2H3,(H,24,26). The third-order valence-electron chi connectivity index (χ3n) is 4.03. The lowest BCUT2D eigenvalue weighted by molar-refractivity contribution is -0.137. The molecule has 0 atom stereocenters. The molecule has 1 aromatic carbocycles. The first-order chi connectivity index (χ1) is 12.2. The van der Waals surface area contributed by atoms with Crippen LogP contribution in [-0.2, 0) is 17.4 Å². The van der Waals surface area contributed by atoms with Crippen molar-refractivity contribution in [3.8, 4) is 0 Å². The molecule has 0 bridgehead atoms. The van der Waals surface area contributed by atoms with Gasteiger partial charge in [0.05, 0.1) is 28.4 Å². The highest BCUT2D eigenvalue weighted by atomic mass is 35.5. The van der Waals surface area contributed by atoms with Crippen molar-refractivity contribution in [2.24, 2.45) is 0 Å². The topological polar surface area (TPSA) is 46.4 Å². The lowest BCUT2D eigenvalue weighted by atomic mass is 10.2. The van der Waals surface area contributed by atoms with Gasteiger partial charge < -0.3 is 9.72 Å². The van der Waals surface area contributed by atoms with Crippen molar-refractivity contribution in [3.05, 3.63) is 64.1 Å². The molecular weight excluding hydrogens is 367 g/mol. The van der Waals surface area contributed by atoms with Gasteiger partial charge in [-0.3, -0.25) is 4.79 Å². The minimum atomic E-state index is -4.59.